The molecule has 1 amide bonds. The Bertz CT molecular complexity index is 1020. The molecule has 30 heavy (non-hydrogen) atoms. The van der Waals surface area contributed by atoms with Crippen LogP contribution in [0.5, 0.6) is 5.75 Å². The van der Waals surface area contributed by atoms with Crippen molar-refractivity contribution < 1.29 is 15.0 Å². The molecule has 0 bridgehead atoms. The maximum absolute atomic E-state index is 13.5. The molecule has 0 fully saturated rings. The van der Waals surface area contributed by atoms with Gasteiger partial charge in [0.25, 0.3) is 5.91 Å². The Morgan fingerprint density at radius 2 is 1.50 bits per heavy atom. The van der Waals surface area contributed by atoms with Gasteiger partial charge in [0.1, 0.15) is 17.2 Å². The molecule has 0 atom stereocenters. The van der Waals surface area contributed by atoms with Gasteiger partial charge in [-0.3, -0.25) is 9.69 Å². The van der Waals surface area contributed by atoms with Crippen LogP contribution < -0.4 is 4.90 Å². The zero-order chi connectivity index (χ0) is 22.3. The van der Waals surface area contributed by atoms with Gasteiger partial charge < -0.3 is 10.2 Å². The maximum Gasteiger partial charge on any atom is 0.281 e. The molecule has 0 saturated heterocycles. The van der Waals surface area contributed by atoms with Crippen molar-refractivity contribution in [2.24, 2.45) is 4.99 Å². The number of benzene rings is 2. The molecule has 0 radical (unpaired) electrons. The van der Waals surface area contributed by atoms with Crippen molar-refractivity contribution in [3.05, 3.63) is 88.8 Å². The maximum atomic E-state index is 13.5. The highest BCUT2D eigenvalue weighted by molar-refractivity contribution is 6.50. The van der Waals surface area contributed by atoms with Crippen molar-refractivity contribution in [3.8, 4) is 5.75 Å². The zero-order valence-corrected chi connectivity index (χ0v) is 18.3. The third kappa shape index (κ3) is 5.75. The average Bonchev–Trinajstić information content (AvgIpc) is 2.77. The Labute approximate surface area is 185 Å². The van der Waals surface area contributed by atoms with E-state index in [1.807, 2.05) is 0 Å². The van der Waals surface area contributed by atoms with Gasteiger partial charge in [0.05, 0.1) is 5.69 Å². The molecular formula is C23H22Cl2N2O3. The number of alkyl halides is 1. The molecule has 5 nitrogen and oxygen atoms in total. The molecule has 0 saturated carbocycles. The van der Waals surface area contributed by atoms with Gasteiger partial charge in [-0.2, -0.15) is 0 Å². The smallest absolute Gasteiger partial charge is 0.281 e. The number of hydrogen-bond donors (Lipinski definition) is 2. The van der Waals surface area contributed by atoms with Crippen LogP contribution in [0.4, 0.5) is 11.4 Å². The SMILES string of the molecule is CCl.C\C1=C/C(O)=C\C=C(/C)N(c2ccc(O)cc2)C(=O)C1=Nc1ccc(Cl)cc1. The fourth-order valence-corrected chi connectivity index (χ4v) is 2.88. The van der Waals surface area contributed by atoms with Gasteiger partial charge in [-0.05, 0) is 86.2 Å². The number of phenols is 1. The number of allylic oxidation sites excluding steroid dienone is 4. The molecule has 0 spiro atoms. The van der Waals surface area contributed by atoms with Gasteiger partial charge in [-0.25, -0.2) is 4.99 Å². The molecule has 0 unspecified atom stereocenters. The monoisotopic (exact) mass is 444 g/mol. The number of aromatic hydroxyl groups is 1. The number of anilines is 1. The number of aliphatic hydroxyl groups is 1. The zero-order valence-electron chi connectivity index (χ0n) is 16.8. The minimum atomic E-state index is -0.355. The summed E-state index contributed by atoms with van der Waals surface area (Å²) in [5.74, 6) is -0.238. The van der Waals surface area contributed by atoms with Crippen molar-refractivity contribution in [2.45, 2.75) is 13.8 Å². The number of phenolic OH excluding ortho intramolecular Hbond substituents is 1. The van der Waals surface area contributed by atoms with E-state index < -0.39 is 0 Å². The largest absolute Gasteiger partial charge is 0.508 e. The van der Waals surface area contributed by atoms with Crippen molar-refractivity contribution in [1.29, 1.82) is 0 Å². The number of halogens is 2. The van der Waals surface area contributed by atoms with Crippen LogP contribution in [0.25, 0.3) is 0 Å². The second-order valence-electron chi connectivity index (χ2n) is 6.32. The van der Waals surface area contributed by atoms with Gasteiger partial charge in [0, 0.05) is 22.8 Å². The number of aliphatic imine (C=N–C) groups is 1. The molecule has 0 aromatic heterocycles. The molecule has 3 rings (SSSR count). The first-order chi connectivity index (χ1) is 14.3. The van der Waals surface area contributed by atoms with Crippen LogP contribution in [0.15, 0.2) is 88.8 Å². The van der Waals surface area contributed by atoms with Crippen LogP contribution in [-0.2, 0) is 4.79 Å². The molecule has 1 aliphatic heterocycles. The van der Waals surface area contributed by atoms with E-state index in [0.717, 1.165) is 0 Å². The minimum absolute atomic E-state index is 0.0148. The van der Waals surface area contributed by atoms with Crippen molar-refractivity contribution in [1.82, 2.24) is 0 Å². The Morgan fingerprint density at radius 1 is 0.900 bits per heavy atom. The van der Waals surface area contributed by atoms with E-state index in [4.69, 9.17) is 11.6 Å². The molecule has 2 aromatic carbocycles. The summed E-state index contributed by atoms with van der Waals surface area (Å²) in [5.41, 5.74) is 2.43. The van der Waals surface area contributed by atoms with Crippen LogP contribution in [0.2, 0.25) is 5.02 Å². The second kappa shape index (κ2) is 10.7. The summed E-state index contributed by atoms with van der Waals surface area (Å²) in [4.78, 5) is 19.5. The molecular weight excluding hydrogens is 423 g/mol. The lowest BCUT2D eigenvalue weighted by molar-refractivity contribution is -0.112. The number of aliphatic hydroxyl groups excluding tert-OH is 1. The van der Waals surface area contributed by atoms with Crippen LogP contribution in [-0.4, -0.2) is 28.2 Å². The van der Waals surface area contributed by atoms with Gasteiger partial charge in [-0.15, -0.1) is 11.6 Å². The summed E-state index contributed by atoms with van der Waals surface area (Å²) in [6.45, 7) is 3.47. The predicted octanol–water partition coefficient (Wildman–Crippen LogP) is 6.31. The van der Waals surface area contributed by atoms with Crippen molar-refractivity contribution in [2.75, 3.05) is 11.3 Å². The second-order valence-corrected chi connectivity index (χ2v) is 6.76. The average molecular weight is 445 g/mol. The summed E-state index contributed by atoms with van der Waals surface area (Å²) in [7, 11) is 0. The van der Waals surface area contributed by atoms with Crippen LogP contribution in [0.1, 0.15) is 13.8 Å². The number of nitrogens with zero attached hydrogens (tertiary/aromatic N) is 2. The Hall–Kier alpha value is -3.02. The molecule has 0 aliphatic carbocycles. The standard InChI is InChI=1S/C22H19ClN2O3.CH3Cl/c1-14-13-20(27)10-3-15(2)25(18-8-11-19(26)12-9-18)22(28)21(14)24-17-6-4-16(23)5-7-17;1-2/h3-13,26-27H,1-2H3;1H3/b14-13+,15-3+,20-10+,24-21?;. The van der Waals surface area contributed by atoms with E-state index in [9.17, 15) is 15.0 Å². The predicted molar refractivity (Wildman–Crippen MR) is 124 cm³/mol. The quantitative estimate of drug-likeness (QED) is 0.532. The lowest BCUT2D eigenvalue weighted by Gasteiger charge is -2.24. The Balaban J connectivity index is 0.00000155. The van der Waals surface area contributed by atoms with E-state index in [-0.39, 0.29) is 23.1 Å². The van der Waals surface area contributed by atoms with Gasteiger partial charge in [0.2, 0.25) is 0 Å². The number of hydrogen-bond acceptors (Lipinski definition) is 4. The molecule has 1 heterocycles. The fraction of sp³-hybridized carbons (Fsp3) is 0.130. The number of carbonyl (C=O) groups excluding carboxylic acids is 1. The third-order valence-electron chi connectivity index (χ3n) is 4.17. The molecule has 2 N–H and O–H groups in total. The summed E-state index contributed by atoms with van der Waals surface area (Å²) in [5, 5.41) is 20.3. The highest BCUT2D eigenvalue weighted by Gasteiger charge is 2.25. The van der Waals surface area contributed by atoms with Crippen LogP contribution in [0.3, 0.4) is 0 Å². The van der Waals surface area contributed by atoms with E-state index in [0.29, 0.717) is 27.7 Å². The fourth-order valence-electron chi connectivity index (χ4n) is 2.76. The number of carbonyl (C=O) groups is 1. The van der Waals surface area contributed by atoms with Gasteiger partial charge in [0.15, 0.2) is 0 Å². The number of amides is 1. The summed E-state index contributed by atoms with van der Waals surface area (Å²) < 4.78 is 0. The molecule has 1 aliphatic rings. The summed E-state index contributed by atoms with van der Waals surface area (Å²) in [6.07, 6.45) is 6.14. The van der Waals surface area contributed by atoms with Crippen molar-refractivity contribution >= 4 is 46.2 Å². The summed E-state index contributed by atoms with van der Waals surface area (Å²) >= 11 is 10.6. The normalized spacial score (nSPS) is 21.0. The Morgan fingerprint density at radius 3 is 2.10 bits per heavy atom. The minimum Gasteiger partial charge on any atom is -0.508 e. The lowest BCUT2D eigenvalue weighted by atomic mass is 10.1. The lowest BCUT2D eigenvalue weighted by Crippen LogP contribution is -2.35. The third-order valence-corrected chi connectivity index (χ3v) is 4.42. The molecule has 2 aromatic rings. The van der Waals surface area contributed by atoms with E-state index in [1.165, 1.54) is 35.6 Å². The first kappa shape index (κ1) is 23.3. The number of rotatable bonds is 2. The Kier molecular flexibility index (Phi) is 8.27. The molecule has 7 heteroatoms. The van der Waals surface area contributed by atoms with Gasteiger partial charge in [-0.1, -0.05) is 11.6 Å². The topological polar surface area (TPSA) is 73.1 Å². The first-order valence-corrected chi connectivity index (χ1v) is 10.1. The van der Waals surface area contributed by atoms with Crippen LogP contribution >= 0.6 is 23.2 Å². The molecule has 156 valence electrons. The van der Waals surface area contributed by atoms with Gasteiger partial charge >= 0.3 is 0 Å². The highest BCUT2D eigenvalue weighted by atomic mass is 35.5. The first-order valence-electron chi connectivity index (χ1n) is 8.97. The summed E-state index contributed by atoms with van der Waals surface area (Å²) in [6, 6.07) is 13.1. The van der Waals surface area contributed by atoms with Crippen molar-refractivity contribution in [3.63, 3.8) is 0 Å². The van der Waals surface area contributed by atoms with E-state index in [1.54, 1.807) is 56.3 Å². The van der Waals surface area contributed by atoms with E-state index >= 15 is 0 Å². The highest BCUT2D eigenvalue weighted by Crippen LogP contribution is 2.26. The van der Waals surface area contributed by atoms with Crippen LogP contribution in [0, 0.1) is 0 Å². The van der Waals surface area contributed by atoms with E-state index in [2.05, 4.69) is 16.6 Å².